The Morgan fingerprint density at radius 2 is 1.57 bits per heavy atom. The Hall–Kier alpha value is -4.69. The van der Waals surface area contributed by atoms with Crippen LogP contribution in [0.25, 0.3) is 22.2 Å². The third-order valence-corrected chi connectivity index (χ3v) is 7.68. The van der Waals surface area contributed by atoms with Crippen molar-refractivity contribution < 1.29 is 14.4 Å². The number of aryl methyl sites for hydroxylation is 1. The number of rotatable bonds is 5. The van der Waals surface area contributed by atoms with Crippen molar-refractivity contribution in [2.75, 3.05) is 6.54 Å². The maximum atomic E-state index is 13.7. The first kappa shape index (κ1) is 25.6. The fourth-order valence-corrected chi connectivity index (χ4v) is 5.50. The van der Waals surface area contributed by atoms with E-state index in [0.717, 1.165) is 43.3 Å². The van der Waals surface area contributed by atoms with Crippen molar-refractivity contribution in [1.29, 1.82) is 0 Å². The van der Waals surface area contributed by atoms with Crippen molar-refractivity contribution in [2.24, 2.45) is 0 Å². The van der Waals surface area contributed by atoms with Crippen LogP contribution in [0, 0.1) is 6.92 Å². The highest BCUT2D eigenvalue weighted by molar-refractivity contribution is 9.10. The molecule has 3 N–H and O–H groups in total. The van der Waals surface area contributed by atoms with Crippen LogP contribution in [0.4, 0.5) is 0 Å². The van der Waals surface area contributed by atoms with Gasteiger partial charge in [0.25, 0.3) is 17.7 Å². The average molecular weight is 593 g/mol. The van der Waals surface area contributed by atoms with E-state index in [-0.39, 0.29) is 12.5 Å². The number of H-pyrrole nitrogens is 1. The van der Waals surface area contributed by atoms with Crippen LogP contribution in [-0.4, -0.2) is 34.2 Å². The van der Waals surface area contributed by atoms with Crippen molar-refractivity contribution in [3.05, 3.63) is 129 Å². The molecule has 1 aliphatic rings. The molecule has 1 aliphatic heterocycles. The Morgan fingerprint density at radius 1 is 0.875 bits per heavy atom. The number of hydrazine groups is 1. The van der Waals surface area contributed by atoms with Gasteiger partial charge in [-0.2, -0.15) is 0 Å². The standard InChI is InChI=1S/C32H25BrN4O3/c1-19-10-12-20(13-11-19)29-28(25-8-4-5-9-26(25)34-29)30-23-6-2-3-7-24(23)32(40)37(30)18-27(38)35-36-31(39)21-14-16-22(33)17-15-21/h2-17,30,34H,18H2,1H3,(H,35,38)(H,36,39). The first-order chi connectivity index (χ1) is 19.4. The second kappa shape index (κ2) is 10.5. The van der Waals surface area contributed by atoms with Crippen molar-refractivity contribution in [3.8, 4) is 11.3 Å². The van der Waals surface area contributed by atoms with Crippen LogP contribution in [0.3, 0.4) is 0 Å². The Labute approximate surface area is 239 Å². The molecule has 6 rings (SSSR count). The zero-order valence-electron chi connectivity index (χ0n) is 21.6. The summed E-state index contributed by atoms with van der Waals surface area (Å²) in [7, 11) is 0. The van der Waals surface area contributed by atoms with Crippen LogP contribution < -0.4 is 10.9 Å². The highest BCUT2D eigenvalue weighted by Gasteiger charge is 2.41. The van der Waals surface area contributed by atoms with E-state index in [4.69, 9.17) is 0 Å². The summed E-state index contributed by atoms with van der Waals surface area (Å²) in [6.45, 7) is 1.79. The lowest BCUT2D eigenvalue weighted by Gasteiger charge is -2.26. The molecule has 1 unspecified atom stereocenters. The molecular weight excluding hydrogens is 568 g/mol. The first-order valence-corrected chi connectivity index (χ1v) is 13.6. The van der Waals surface area contributed by atoms with Crippen molar-refractivity contribution in [2.45, 2.75) is 13.0 Å². The zero-order valence-corrected chi connectivity index (χ0v) is 23.2. The van der Waals surface area contributed by atoms with Crippen LogP contribution in [0.15, 0.2) is 102 Å². The van der Waals surface area contributed by atoms with E-state index in [2.05, 4.69) is 56.0 Å². The number of nitrogens with one attached hydrogen (secondary N) is 3. The van der Waals surface area contributed by atoms with Crippen molar-refractivity contribution in [1.82, 2.24) is 20.7 Å². The van der Waals surface area contributed by atoms with Gasteiger partial charge in [0.2, 0.25) is 0 Å². The van der Waals surface area contributed by atoms with Crippen molar-refractivity contribution in [3.63, 3.8) is 0 Å². The molecule has 2 heterocycles. The fraction of sp³-hybridized carbons (Fsp3) is 0.0938. The van der Waals surface area contributed by atoms with Crippen LogP contribution >= 0.6 is 15.9 Å². The topological polar surface area (TPSA) is 94.3 Å². The minimum absolute atomic E-state index is 0.241. The Balaban J connectivity index is 1.36. The van der Waals surface area contributed by atoms with Gasteiger partial charge in [-0.15, -0.1) is 0 Å². The smallest absolute Gasteiger partial charge is 0.269 e. The van der Waals surface area contributed by atoms with Crippen LogP contribution in [-0.2, 0) is 4.79 Å². The molecule has 0 saturated heterocycles. The molecule has 198 valence electrons. The monoisotopic (exact) mass is 592 g/mol. The molecular formula is C32H25BrN4O3. The number of amides is 3. The molecule has 7 nitrogen and oxygen atoms in total. The second-order valence-electron chi connectivity index (χ2n) is 9.76. The summed E-state index contributed by atoms with van der Waals surface area (Å²) in [6, 6.07) is 29.9. The van der Waals surface area contributed by atoms with Gasteiger partial charge in [-0.1, -0.05) is 82.2 Å². The highest BCUT2D eigenvalue weighted by Crippen LogP contribution is 2.45. The van der Waals surface area contributed by atoms with E-state index in [1.165, 1.54) is 0 Å². The normalized spacial score (nSPS) is 14.3. The number of fused-ring (bicyclic) bond motifs is 2. The maximum absolute atomic E-state index is 13.7. The summed E-state index contributed by atoms with van der Waals surface area (Å²) in [4.78, 5) is 44.5. The molecule has 0 aliphatic carbocycles. The third-order valence-electron chi connectivity index (χ3n) is 7.15. The lowest BCUT2D eigenvalue weighted by atomic mass is 9.93. The van der Waals surface area contributed by atoms with Gasteiger partial charge in [0.05, 0.1) is 11.7 Å². The van der Waals surface area contributed by atoms with E-state index in [9.17, 15) is 14.4 Å². The van der Waals surface area contributed by atoms with Crippen molar-refractivity contribution >= 4 is 44.6 Å². The lowest BCUT2D eigenvalue weighted by Crippen LogP contribution is -2.47. The quantitative estimate of drug-likeness (QED) is 0.221. The third kappa shape index (κ3) is 4.67. The van der Waals surface area contributed by atoms with Crippen LogP contribution in [0.2, 0.25) is 0 Å². The second-order valence-corrected chi connectivity index (χ2v) is 10.7. The van der Waals surface area contributed by atoms with E-state index < -0.39 is 17.9 Å². The molecule has 4 aromatic carbocycles. The van der Waals surface area contributed by atoms with Gasteiger partial charge >= 0.3 is 0 Å². The minimum atomic E-state index is -0.510. The molecule has 1 aromatic heterocycles. The number of nitrogens with zero attached hydrogens (tertiary/aromatic N) is 1. The molecule has 1 atom stereocenters. The van der Waals surface area contributed by atoms with Gasteiger partial charge < -0.3 is 9.88 Å². The predicted octanol–water partition coefficient (Wildman–Crippen LogP) is 5.91. The summed E-state index contributed by atoms with van der Waals surface area (Å²) < 4.78 is 0.841. The van der Waals surface area contributed by atoms with E-state index in [1.54, 1.807) is 35.2 Å². The number of para-hydroxylation sites is 1. The summed E-state index contributed by atoms with van der Waals surface area (Å²) in [5, 5.41) is 0.974. The lowest BCUT2D eigenvalue weighted by molar-refractivity contribution is -0.122. The highest BCUT2D eigenvalue weighted by atomic mass is 79.9. The number of halogens is 1. The predicted molar refractivity (Wildman–Crippen MR) is 158 cm³/mol. The number of aromatic amines is 1. The van der Waals surface area contributed by atoms with Gasteiger partial charge in [0.15, 0.2) is 0 Å². The maximum Gasteiger partial charge on any atom is 0.269 e. The zero-order chi connectivity index (χ0) is 27.8. The SMILES string of the molecule is Cc1ccc(-c2[nH]c3ccccc3c2C2c3ccccc3C(=O)N2CC(=O)NNC(=O)c2ccc(Br)cc2)cc1. The van der Waals surface area contributed by atoms with Gasteiger partial charge in [0, 0.05) is 32.1 Å². The molecule has 40 heavy (non-hydrogen) atoms. The number of aromatic nitrogens is 1. The van der Waals surface area contributed by atoms with E-state index in [1.807, 2.05) is 49.4 Å². The summed E-state index contributed by atoms with van der Waals surface area (Å²) in [5.41, 5.74) is 11.6. The Morgan fingerprint density at radius 3 is 2.35 bits per heavy atom. The molecule has 0 fully saturated rings. The Kier molecular flexibility index (Phi) is 6.69. The molecule has 0 saturated carbocycles. The molecule has 0 radical (unpaired) electrons. The van der Waals surface area contributed by atoms with Gasteiger partial charge in [-0.25, -0.2) is 0 Å². The molecule has 8 heteroatoms. The number of carbonyl (C=O) groups is 3. The van der Waals surface area contributed by atoms with Gasteiger partial charge in [-0.05, 0) is 54.4 Å². The molecule has 0 bridgehead atoms. The first-order valence-electron chi connectivity index (χ1n) is 12.8. The number of hydrogen-bond acceptors (Lipinski definition) is 3. The van der Waals surface area contributed by atoms with Gasteiger partial charge in [0.1, 0.15) is 6.54 Å². The Bertz CT molecular complexity index is 1760. The van der Waals surface area contributed by atoms with Crippen LogP contribution in [0.1, 0.15) is 43.4 Å². The van der Waals surface area contributed by atoms with Crippen LogP contribution in [0.5, 0.6) is 0 Å². The fourth-order valence-electron chi connectivity index (χ4n) is 5.23. The minimum Gasteiger partial charge on any atom is -0.354 e. The molecule has 3 amide bonds. The summed E-state index contributed by atoms with van der Waals surface area (Å²) in [6.07, 6.45) is 0. The number of carbonyl (C=O) groups excluding carboxylic acids is 3. The number of benzene rings is 4. The van der Waals surface area contributed by atoms with E-state index in [0.29, 0.717) is 11.1 Å². The largest absolute Gasteiger partial charge is 0.354 e. The number of hydrogen-bond donors (Lipinski definition) is 3. The summed E-state index contributed by atoms with van der Waals surface area (Å²) >= 11 is 3.34. The molecule has 0 spiro atoms. The molecule has 5 aromatic rings. The summed E-state index contributed by atoms with van der Waals surface area (Å²) in [5.74, 6) is -1.20. The average Bonchev–Trinajstić information content (AvgIpc) is 3.47. The van der Waals surface area contributed by atoms with Gasteiger partial charge in [-0.3, -0.25) is 25.2 Å². The van der Waals surface area contributed by atoms with E-state index >= 15 is 0 Å².